The third-order valence-electron chi connectivity index (χ3n) is 4.39. The van der Waals surface area contributed by atoms with Crippen molar-refractivity contribution in [1.29, 1.82) is 0 Å². The maximum Gasteiger partial charge on any atom is 0.261 e. The number of fused-ring (bicyclic) bond motifs is 1. The lowest BCUT2D eigenvalue weighted by Gasteiger charge is -2.09. The van der Waals surface area contributed by atoms with E-state index in [0.29, 0.717) is 28.8 Å². The zero-order valence-electron chi connectivity index (χ0n) is 15.5. The fraction of sp³-hybridized carbons (Fsp3) is 0.0476. The third-order valence-corrected chi connectivity index (χ3v) is 5.79. The van der Waals surface area contributed by atoms with Crippen LogP contribution in [0.15, 0.2) is 87.7 Å². The summed E-state index contributed by atoms with van der Waals surface area (Å²) in [6.07, 6.45) is 0. The van der Waals surface area contributed by atoms with E-state index in [4.69, 9.17) is 10.5 Å². The molecule has 29 heavy (non-hydrogen) atoms. The normalized spacial score (nSPS) is 14.4. The average Bonchev–Trinajstić information content (AvgIpc) is 3.04. The van der Waals surface area contributed by atoms with Gasteiger partial charge in [0.2, 0.25) is 0 Å². The summed E-state index contributed by atoms with van der Waals surface area (Å²) < 4.78 is 32.8. The Labute approximate surface area is 168 Å². The summed E-state index contributed by atoms with van der Waals surface area (Å²) >= 11 is 0. The summed E-state index contributed by atoms with van der Waals surface area (Å²) in [5, 5.41) is 0. The second-order valence-electron chi connectivity index (χ2n) is 6.31. The number of benzene rings is 3. The van der Waals surface area contributed by atoms with E-state index in [1.807, 2.05) is 24.3 Å². The lowest BCUT2D eigenvalue weighted by molar-refractivity contribution is 0.415. The lowest BCUT2D eigenvalue weighted by Crippen LogP contribution is -2.12. The van der Waals surface area contributed by atoms with E-state index in [-0.39, 0.29) is 4.90 Å². The predicted molar refractivity (Wildman–Crippen MR) is 114 cm³/mol. The molecule has 1 aliphatic rings. The Morgan fingerprint density at radius 1 is 0.931 bits per heavy atom. The van der Waals surface area contributed by atoms with Crippen molar-refractivity contribution in [2.24, 2.45) is 15.7 Å². The molecule has 0 unspecified atom stereocenters. The molecule has 1 heterocycles. The minimum atomic E-state index is -3.72. The van der Waals surface area contributed by atoms with E-state index in [1.165, 1.54) is 12.1 Å². The zero-order chi connectivity index (χ0) is 20.4. The molecule has 7 nitrogen and oxygen atoms in total. The van der Waals surface area contributed by atoms with Crippen molar-refractivity contribution in [3.05, 3.63) is 83.9 Å². The van der Waals surface area contributed by atoms with Crippen molar-refractivity contribution in [2.45, 2.75) is 4.90 Å². The maximum atomic E-state index is 12.6. The van der Waals surface area contributed by atoms with Crippen LogP contribution in [0.2, 0.25) is 0 Å². The quantitative estimate of drug-likeness (QED) is 0.678. The van der Waals surface area contributed by atoms with Crippen LogP contribution in [-0.2, 0) is 10.0 Å². The van der Waals surface area contributed by atoms with Crippen molar-refractivity contribution >= 4 is 33.1 Å². The number of ether oxygens (including phenoxy) is 1. The largest absolute Gasteiger partial charge is 0.497 e. The molecule has 1 aliphatic heterocycles. The predicted octanol–water partition coefficient (Wildman–Crippen LogP) is 3.29. The first-order valence-corrected chi connectivity index (χ1v) is 10.2. The minimum Gasteiger partial charge on any atom is -0.497 e. The third kappa shape index (κ3) is 3.83. The highest BCUT2D eigenvalue weighted by molar-refractivity contribution is 7.92. The average molecular weight is 406 g/mol. The smallest absolute Gasteiger partial charge is 0.261 e. The molecule has 0 radical (unpaired) electrons. The number of hydrogen-bond acceptors (Lipinski definition) is 5. The summed E-state index contributed by atoms with van der Waals surface area (Å²) in [7, 11) is -2.17. The van der Waals surface area contributed by atoms with Crippen LogP contribution in [0.25, 0.3) is 0 Å². The summed E-state index contributed by atoms with van der Waals surface area (Å²) in [5.41, 5.74) is 8.66. The van der Waals surface area contributed by atoms with E-state index in [1.54, 1.807) is 43.5 Å². The Morgan fingerprint density at radius 3 is 2.24 bits per heavy atom. The Bertz CT molecular complexity index is 1220. The van der Waals surface area contributed by atoms with E-state index in [9.17, 15) is 8.42 Å². The van der Waals surface area contributed by atoms with Crippen molar-refractivity contribution in [3.63, 3.8) is 0 Å². The maximum absolute atomic E-state index is 12.6. The number of amidine groups is 2. The van der Waals surface area contributed by atoms with Crippen LogP contribution in [0.3, 0.4) is 0 Å². The lowest BCUT2D eigenvalue weighted by atomic mass is 10.1. The van der Waals surface area contributed by atoms with Crippen LogP contribution < -0.4 is 15.2 Å². The number of anilines is 1. The number of nitrogens with zero attached hydrogens (tertiary/aromatic N) is 2. The number of methoxy groups -OCH3 is 1. The molecule has 0 aromatic heterocycles. The summed E-state index contributed by atoms with van der Waals surface area (Å²) in [4.78, 5) is 8.92. The highest BCUT2D eigenvalue weighted by Crippen LogP contribution is 2.24. The molecule has 0 amide bonds. The van der Waals surface area contributed by atoms with E-state index in [2.05, 4.69) is 14.7 Å². The van der Waals surface area contributed by atoms with Gasteiger partial charge < -0.3 is 10.5 Å². The van der Waals surface area contributed by atoms with E-state index >= 15 is 0 Å². The molecule has 0 saturated carbocycles. The van der Waals surface area contributed by atoms with Gasteiger partial charge in [-0.3, -0.25) is 4.72 Å². The Balaban J connectivity index is 1.56. The van der Waals surface area contributed by atoms with Crippen molar-refractivity contribution < 1.29 is 13.2 Å². The van der Waals surface area contributed by atoms with Crippen LogP contribution >= 0.6 is 0 Å². The van der Waals surface area contributed by atoms with Crippen LogP contribution in [0.4, 0.5) is 11.4 Å². The molecule has 0 atom stereocenters. The fourth-order valence-corrected chi connectivity index (χ4v) is 3.98. The molecule has 146 valence electrons. The SMILES string of the molecule is COc1ccc(NS(=O)(=O)c2ccc(N=C3N=C(N)c4ccccc43)cc2)cc1. The molecule has 0 spiro atoms. The molecule has 0 bridgehead atoms. The number of rotatable bonds is 5. The van der Waals surface area contributed by atoms with Gasteiger partial charge in [-0.15, -0.1) is 0 Å². The second-order valence-corrected chi connectivity index (χ2v) is 7.99. The fourth-order valence-electron chi connectivity index (χ4n) is 2.92. The molecule has 3 aromatic rings. The minimum absolute atomic E-state index is 0.132. The first kappa shape index (κ1) is 18.7. The molecule has 0 saturated heterocycles. The van der Waals surface area contributed by atoms with E-state index < -0.39 is 10.0 Å². The van der Waals surface area contributed by atoms with Gasteiger partial charge in [0.05, 0.1) is 17.7 Å². The number of nitrogens with one attached hydrogen (secondary N) is 1. The first-order chi connectivity index (χ1) is 14.0. The van der Waals surface area contributed by atoms with E-state index in [0.717, 1.165) is 11.1 Å². The second kappa shape index (κ2) is 7.40. The monoisotopic (exact) mass is 406 g/mol. The van der Waals surface area contributed by atoms with Gasteiger partial charge in [-0.25, -0.2) is 18.4 Å². The van der Waals surface area contributed by atoms with Gasteiger partial charge >= 0.3 is 0 Å². The van der Waals surface area contributed by atoms with Crippen LogP contribution in [0.1, 0.15) is 11.1 Å². The van der Waals surface area contributed by atoms with Gasteiger partial charge in [0.1, 0.15) is 11.6 Å². The number of aliphatic imine (C=N–C) groups is 2. The van der Waals surface area contributed by atoms with Crippen LogP contribution in [-0.4, -0.2) is 27.2 Å². The van der Waals surface area contributed by atoms with Crippen LogP contribution in [0, 0.1) is 0 Å². The van der Waals surface area contributed by atoms with Gasteiger partial charge in [-0.05, 0) is 48.5 Å². The molecular formula is C21H18N4O3S. The molecule has 3 aromatic carbocycles. The standard InChI is InChI=1S/C21H18N4O3S/c1-28-16-10-6-15(7-11-16)25-29(26,27)17-12-8-14(9-13-17)23-21-19-5-3-2-4-18(19)20(22)24-21/h2-13,25H,1H3,(H2,22,23,24). The number of nitrogens with two attached hydrogens (primary N) is 1. The highest BCUT2D eigenvalue weighted by atomic mass is 32.2. The van der Waals surface area contributed by atoms with Gasteiger partial charge in [0.15, 0.2) is 5.84 Å². The molecule has 4 rings (SSSR count). The zero-order valence-corrected chi connectivity index (χ0v) is 16.3. The molecule has 0 fully saturated rings. The van der Waals surface area contributed by atoms with Crippen molar-refractivity contribution in [3.8, 4) is 5.75 Å². The molecule has 8 heteroatoms. The van der Waals surface area contributed by atoms with Gasteiger partial charge in [-0.2, -0.15) is 0 Å². The topological polar surface area (TPSA) is 106 Å². The number of hydrogen-bond donors (Lipinski definition) is 2. The van der Waals surface area contributed by atoms with Gasteiger partial charge in [-0.1, -0.05) is 24.3 Å². The summed E-state index contributed by atoms with van der Waals surface area (Å²) in [6, 6.07) is 20.5. The summed E-state index contributed by atoms with van der Waals surface area (Å²) in [6.45, 7) is 0. The Kier molecular flexibility index (Phi) is 4.77. The Hall–Kier alpha value is -3.65. The van der Waals surface area contributed by atoms with Crippen LogP contribution in [0.5, 0.6) is 5.75 Å². The first-order valence-electron chi connectivity index (χ1n) is 8.76. The molecular weight excluding hydrogens is 388 g/mol. The van der Waals surface area contributed by atoms with Crippen molar-refractivity contribution in [1.82, 2.24) is 0 Å². The van der Waals surface area contributed by atoms with Crippen molar-refractivity contribution in [2.75, 3.05) is 11.8 Å². The molecule has 0 aliphatic carbocycles. The Morgan fingerprint density at radius 2 is 1.59 bits per heavy atom. The summed E-state index contributed by atoms with van der Waals surface area (Å²) in [5.74, 6) is 1.57. The highest BCUT2D eigenvalue weighted by Gasteiger charge is 2.19. The molecule has 3 N–H and O–H groups in total. The number of sulfonamides is 1. The van der Waals surface area contributed by atoms with Gasteiger partial charge in [0.25, 0.3) is 10.0 Å². The van der Waals surface area contributed by atoms with Gasteiger partial charge in [0, 0.05) is 16.8 Å².